The first kappa shape index (κ1) is 24.7. The third-order valence-corrected chi connectivity index (χ3v) is 7.15. The van der Waals surface area contributed by atoms with Crippen molar-refractivity contribution in [3.63, 3.8) is 0 Å². The lowest BCUT2D eigenvalue weighted by Crippen LogP contribution is -2.67. The molecule has 2 aliphatic heterocycles. The lowest BCUT2D eigenvalue weighted by atomic mass is 9.98. The number of amides is 3. The number of carbonyl (C=O) groups is 3. The molecule has 0 saturated carbocycles. The standard InChI is InChI=1S/C30H31N3O4/c1-30(32-26(34)19-21-11-5-2-6-12-21)29(36)33-24(20-37-30)17-18-25(33)28(35)31-27(22-13-7-3-8-14-22)23-15-9-4-10-16-23/h2-16,24-25,27H,17-20H2,1H3,(H,31,35)(H,32,34)/t24-,25+,30-/m1/s1. The topological polar surface area (TPSA) is 87.7 Å². The zero-order chi connectivity index (χ0) is 25.8. The Balaban J connectivity index is 1.32. The van der Waals surface area contributed by atoms with Gasteiger partial charge in [0, 0.05) is 0 Å². The summed E-state index contributed by atoms with van der Waals surface area (Å²) < 4.78 is 5.89. The molecule has 2 aliphatic rings. The summed E-state index contributed by atoms with van der Waals surface area (Å²) in [6.45, 7) is 1.83. The van der Waals surface area contributed by atoms with Crippen LogP contribution in [0.3, 0.4) is 0 Å². The molecule has 7 nitrogen and oxygen atoms in total. The SMILES string of the molecule is C[C@@]1(NC(=O)Cc2ccccc2)OC[C@H]2CC[C@@H](C(=O)NC(c3ccccc3)c3ccccc3)N2C1=O. The van der Waals surface area contributed by atoms with Gasteiger partial charge >= 0.3 is 0 Å². The Labute approximate surface area is 216 Å². The minimum atomic E-state index is -1.52. The molecule has 7 heteroatoms. The van der Waals surface area contributed by atoms with Crippen molar-refractivity contribution in [3.05, 3.63) is 108 Å². The van der Waals surface area contributed by atoms with Gasteiger partial charge in [-0.05, 0) is 36.5 Å². The van der Waals surface area contributed by atoms with Crippen molar-refractivity contribution in [1.82, 2.24) is 15.5 Å². The molecule has 0 aromatic heterocycles. The van der Waals surface area contributed by atoms with Crippen LogP contribution in [-0.2, 0) is 25.5 Å². The van der Waals surface area contributed by atoms with E-state index in [1.165, 1.54) is 0 Å². The largest absolute Gasteiger partial charge is 0.345 e. The number of ether oxygens (including phenoxy) is 1. The van der Waals surface area contributed by atoms with Gasteiger partial charge < -0.3 is 20.3 Å². The summed E-state index contributed by atoms with van der Waals surface area (Å²) >= 11 is 0. The number of carbonyl (C=O) groups excluding carboxylic acids is 3. The molecule has 2 saturated heterocycles. The highest BCUT2D eigenvalue weighted by molar-refractivity contribution is 5.95. The Morgan fingerprint density at radius 3 is 2.08 bits per heavy atom. The van der Waals surface area contributed by atoms with E-state index >= 15 is 0 Å². The third-order valence-electron chi connectivity index (χ3n) is 7.15. The monoisotopic (exact) mass is 497 g/mol. The molecule has 0 bridgehead atoms. The first-order valence-corrected chi connectivity index (χ1v) is 12.7. The molecule has 2 heterocycles. The van der Waals surface area contributed by atoms with Gasteiger partial charge in [-0.25, -0.2) is 0 Å². The smallest absolute Gasteiger partial charge is 0.276 e. The number of hydrogen-bond acceptors (Lipinski definition) is 4. The molecule has 2 fully saturated rings. The molecular formula is C30H31N3O4. The fourth-order valence-electron chi connectivity index (χ4n) is 5.25. The Kier molecular flexibility index (Phi) is 7.06. The average molecular weight is 498 g/mol. The highest BCUT2D eigenvalue weighted by Gasteiger charge is 2.52. The predicted molar refractivity (Wildman–Crippen MR) is 139 cm³/mol. The van der Waals surface area contributed by atoms with E-state index in [4.69, 9.17) is 4.74 Å². The van der Waals surface area contributed by atoms with Crippen LogP contribution in [0, 0.1) is 0 Å². The first-order chi connectivity index (χ1) is 17.9. The lowest BCUT2D eigenvalue weighted by Gasteiger charge is -2.43. The van der Waals surface area contributed by atoms with Crippen LogP contribution in [0.2, 0.25) is 0 Å². The zero-order valence-electron chi connectivity index (χ0n) is 20.8. The molecule has 0 spiro atoms. The minimum Gasteiger partial charge on any atom is -0.345 e. The van der Waals surface area contributed by atoms with Crippen molar-refractivity contribution in [1.29, 1.82) is 0 Å². The van der Waals surface area contributed by atoms with E-state index in [2.05, 4.69) is 10.6 Å². The maximum Gasteiger partial charge on any atom is 0.276 e. The van der Waals surface area contributed by atoms with Gasteiger partial charge in [0.15, 0.2) is 0 Å². The molecule has 5 rings (SSSR count). The highest BCUT2D eigenvalue weighted by atomic mass is 16.5. The number of nitrogens with one attached hydrogen (secondary N) is 2. The molecule has 3 aromatic rings. The minimum absolute atomic E-state index is 0.135. The summed E-state index contributed by atoms with van der Waals surface area (Å²) in [5, 5.41) is 5.96. The zero-order valence-corrected chi connectivity index (χ0v) is 20.8. The van der Waals surface area contributed by atoms with Crippen LogP contribution in [0.5, 0.6) is 0 Å². The van der Waals surface area contributed by atoms with Crippen molar-refractivity contribution >= 4 is 17.7 Å². The second kappa shape index (κ2) is 10.6. The molecule has 37 heavy (non-hydrogen) atoms. The van der Waals surface area contributed by atoms with Gasteiger partial charge in [0.1, 0.15) is 6.04 Å². The maximum atomic E-state index is 13.7. The second-order valence-electron chi connectivity index (χ2n) is 9.78. The molecule has 190 valence electrons. The summed E-state index contributed by atoms with van der Waals surface area (Å²) in [5.41, 5.74) is 1.24. The first-order valence-electron chi connectivity index (χ1n) is 12.7. The van der Waals surface area contributed by atoms with Crippen molar-refractivity contribution in [3.8, 4) is 0 Å². The van der Waals surface area contributed by atoms with Crippen LogP contribution in [-0.4, -0.2) is 47.0 Å². The van der Waals surface area contributed by atoms with Crippen molar-refractivity contribution in [2.24, 2.45) is 0 Å². The molecule has 2 N–H and O–H groups in total. The third kappa shape index (κ3) is 5.27. The fraction of sp³-hybridized carbons (Fsp3) is 0.300. The summed E-state index contributed by atoms with van der Waals surface area (Å²) in [7, 11) is 0. The van der Waals surface area contributed by atoms with Gasteiger partial charge in [-0.3, -0.25) is 14.4 Å². The van der Waals surface area contributed by atoms with E-state index in [9.17, 15) is 14.4 Å². The van der Waals surface area contributed by atoms with E-state index in [0.717, 1.165) is 16.7 Å². The summed E-state index contributed by atoms with van der Waals surface area (Å²) in [5.74, 6) is -0.916. The van der Waals surface area contributed by atoms with Crippen molar-refractivity contribution < 1.29 is 19.1 Å². The van der Waals surface area contributed by atoms with E-state index < -0.39 is 17.7 Å². The Morgan fingerprint density at radius 1 is 0.919 bits per heavy atom. The van der Waals surface area contributed by atoms with E-state index in [-0.39, 0.29) is 36.9 Å². The molecule has 3 aromatic carbocycles. The van der Waals surface area contributed by atoms with Gasteiger partial charge in [0.2, 0.25) is 17.5 Å². The fourth-order valence-corrected chi connectivity index (χ4v) is 5.25. The van der Waals surface area contributed by atoms with Gasteiger partial charge in [-0.1, -0.05) is 91.0 Å². The lowest BCUT2D eigenvalue weighted by molar-refractivity contribution is -0.185. The van der Waals surface area contributed by atoms with Gasteiger partial charge in [0.25, 0.3) is 5.91 Å². The van der Waals surface area contributed by atoms with Gasteiger partial charge in [-0.2, -0.15) is 0 Å². The Hall–Kier alpha value is -3.97. The predicted octanol–water partition coefficient (Wildman–Crippen LogP) is 3.36. The van der Waals surface area contributed by atoms with Crippen LogP contribution in [0.4, 0.5) is 0 Å². The molecule has 3 amide bonds. The van der Waals surface area contributed by atoms with Crippen LogP contribution in [0.15, 0.2) is 91.0 Å². The van der Waals surface area contributed by atoms with Crippen LogP contribution in [0.1, 0.15) is 42.5 Å². The van der Waals surface area contributed by atoms with E-state index in [1.807, 2.05) is 91.0 Å². The maximum absolute atomic E-state index is 13.7. The van der Waals surface area contributed by atoms with Crippen LogP contribution < -0.4 is 10.6 Å². The van der Waals surface area contributed by atoms with Crippen LogP contribution >= 0.6 is 0 Å². The van der Waals surface area contributed by atoms with E-state index in [1.54, 1.807) is 11.8 Å². The second-order valence-corrected chi connectivity index (χ2v) is 9.78. The van der Waals surface area contributed by atoms with E-state index in [0.29, 0.717) is 12.8 Å². The van der Waals surface area contributed by atoms with Crippen molar-refractivity contribution in [2.45, 2.75) is 50.0 Å². The van der Waals surface area contributed by atoms with Gasteiger partial charge in [0.05, 0.1) is 25.1 Å². The molecular weight excluding hydrogens is 466 g/mol. The van der Waals surface area contributed by atoms with Gasteiger partial charge in [-0.15, -0.1) is 0 Å². The van der Waals surface area contributed by atoms with Crippen LogP contribution in [0.25, 0.3) is 0 Å². The van der Waals surface area contributed by atoms with Crippen molar-refractivity contribution in [2.75, 3.05) is 6.61 Å². The Morgan fingerprint density at radius 2 is 1.49 bits per heavy atom. The number of benzene rings is 3. The summed E-state index contributed by atoms with van der Waals surface area (Å²) in [6.07, 6.45) is 1.34. The molecule has 0 unspecified atom stereocenters. The highest BCUT2D eigenvalue weighted by Crippen LogP contribution is 2.33. The quantitative estimate of drug-likeness (QED) is 0.524. The normalized spacial score (nSPS) is 23.0. The average Bonchev–Trinajstić information content (AvgIpc) is 3.36. The molecule has 0 radical (unpaired) electrons. The Bertz CT molecular complexity index is 1210. The number of rotatable bonds is 7. The number of fused-ring (bicyclic) bond motifs is 1. The number of hydrogen-bond donors (Lipinski definition) is 2. The molecule has 0 aliphatic carbocycles. The number of morpholine rings is 1. The number of nitrogens with zero attached hydrogens (tertiary/aromatic N) is 1. The summed E-state index contributed by atoms with van der Waals surface area (Å²) in [6, 6.07) is 27.7. The molecule has 3 atom stereocenters. The summed E-state index contributed by atoms with van der Waals surface area (Å²) in [4.78, 5) is 41.7.